The third-order valence-electron chi connectivity index (χ3n) is 5.03. The number of hydrogen-bond donors (Lipinski definition) is 1. The molecule has 4 nitrogen and oxygen atoms in total. The molecule has 1 aliphatic rings. The number of nitrogens with one attached hydrogen (secondary N) is 1. The molecule has 0 spiro atoms. The lowest BCUT2D eigenvalue weighted by Gasteiger charge is -2.17. The van der Waals surface area contributed by atoms with E-state index in [9.17, 15) is 9.59 Å². The normalized spacial score (nSPS) is 12.5. The second-order valence-corrected chi connectivity index (χ2v) is 8.06. The lowest BCUT2D eigenvalue weighted by molar-refractivity contribution is -0.116. The summed E-state index contributed by atoms with van der Waals surface area (Å²) in [6.45, 7) is 2.66. The second-order valence-electron chi connectivity index (χ2n) is 7.01. The third kappa shape index (κ3) is 4.35. The van der Waals surface area contributed by atoms with Gasteiger partial charge in [0.2, 0.25) is 5.91 Å². The van der Waals surface area contributed by atoms with Crippen LogP contribution >= 0.6 is 11.8 Å². The molecule has 0 saturated heterocycles. The first-order chi connectivity index (χ1) is 14.1. The van der Waals surface area contributed by atoms with Crippen LogP contribution in [0.3, 0.4) is 0 Å². The molecule has 3 aromatic carbocycles. The summed E-state index contributed by atoms with van der Waals surface area (Å²) in [4.78, 5) is 28.0. The molecule has 2 amide bonds. The summed E-state index contributed by atoms with van der Waals surface area (Å²) < 4.78 is 0. The molecule has 0 saturated carbocycles. The molecule has 0 aromatic heterocycles. The zero-order valence-corrected chi connectivity index (χ0v) is 17.0. The smallest absolute Gasteiger partial charge is 0.255 e. The van der Waals surface area contributed by atoms with Crippen molar-refractivity contribution in [2.75, 3.05) is 22.5 Å². The summed E-state index contributed by atoms with van der Waals surface area (Å²) in [6.07, 6.45) is 0.910. The topological polar surface area (TPSA) is 49.4 Å². The van der Waals surface area contributed by atoms with Crippen LogP contribution in [-0.2, 0) is 11.2 Å². The number of hydrogen-bond acceptors (Lipinski definition) is 3. The van der Waals surface area contributed by atoms with E-state index in [1.54, 1.807) is 0 Å². The minimum Gasteiger partial charge on any atom is -0.322 e. The van der Waals surface area contributed by atoms with Crippen molar-refractivity contribution in [3.05, 3.63) is 89.5 Å². The number of carbonyl (C=O) groups excluding carboxylic acids is 2. The molecule has 0 radical (unpaired) electrons. The Labute approximate surface area is 174 Å². The SMILES string of the molecule is Cc1ccccc1C(=O)Nc1cccc(SCC(=O)N2CCc3ccccc32)c1. The van der Waals surface area contributed by atoms with Crippen LogP contribution in [0, 0.1) is 6.92 Å². The average Bonchev–Trinajstić information content (AvgIpc) is 3.17. The van der Waals surface area contributed by atoms with Crippen molar-refractivity contribution < 1.29 is 9.59 Å². The molecule has 0 aliphatic carbocycles. The number of anilines is 2. The summed E-state index contributed by atoms with van der Waals surface area (Å²) in [5, 5.41) is 2.95. The Morgan fingerprint density at radius 3 is 2.66 bits per heavy atom. The van der Waals surface area contributed by atoms with Gasteiger partial charge in [0, 0.05) is 28.4 Å². The number of aryl methyl sites for hydroxylation is 1. The predicted molar refractivity (Wildman–Crippen MR) is 119 cm³/mol. The molecule has 0 fully saturated rings. The highest BCUT2D eigenvalue weighted by molar-refractivity contribution is 8.00. The van der Waals surface area contributed by atoms with Crippen molar-refractivity contribution in [1.82, 2.24) is 0 Å². The van der Waals surface area contributed by atoms with E-state index < -0.39 is 0 Å². The molecular weight excluding hydrogens is 380 g/mol. The van der Waals surface area contributed by atoms with Crippen molar-refractivity contribution in [2.24, 2.45) is 0 Å². The molecule has 5 heteroatoms. The molecule has 29 heavy (non-hydrogen) atoms. The van der Waals surface area contributed by atoms with E-state index in [0.717, 1.165) is 34.8 Å². The van der Waals surface area contributed by atoms with Crippen LogP contribution in [0.2, 0.25) is 0 Å². The molecule has 3 aromatic rings. The van der Waals surface area contributed by atoms with Crippen LogP contribution in [0.25, 0.3) is 0 Å². The lowest BCUT2D eigenvalue weighted by Crippen LogP contribution is -2.30. The monoisotopic (exact) mass is 402 g/mol. The van der Waals surface area contributed by atoms with Gasteiger partial charge in [-0.05, 0) is 54.8 Å². The van der Waals surface area contributed by atoms with Gasteiger partial charge in [0.1, 0.15) is 0 Å². The van der Waals surface area contributed by atoms with Gasteiger partial charge in [-0.1, -0.05) is 42.5 Å². The van der Waals surface area contributed by atoms with Gasteiger partial charge in [-0.3, -0.25) is 9.59 Å². The Hall–Kier alpha value is -3.05. The van der Waals surface area contributed by atoms with Gasteiger partial charge >= 0.3 is 0 Å². The van der Waals surface area contributed by atoms with Gasteiger partial charge in [-0.2, -0.15) is 0 Å². The molecule has 4 rings (SSSR count). The fraction of sp³-hybridized carbons (Fsp3) is 0.167. The maximum absolute atomic E-state index is 12.7. The molecule has 146 valence electrons. The van der Waals surface area contributed by atoms with Crippen LogP contribution in [0.15, 0.2) is 77.7 Å². The third-order valence-corrected chi connectivity index (χ3v) is 6.01. The highest BCUT2D eigenvalue weighted by atomic mass is 32.2. The molecule has 1 heterocycles. The van der Waals surface area contributed by atoms with E-state index in [1.165, 1.54) is 17.3 Å². The van der Waals surface area contributed by atoms with E-state index in [2.05, 4.69) is 11.4 Å². The molecular formula is C24H22N2O2S. The first kappa shape index (κ1) is 19.3. The Balaban J connectivity index is 1.39. The molecule has 1 aliphatic heterocycles. The molecule has 0 bridgehead atoms. The Kier molecular flexibility index (Phi) is 5.67. The zero-order valence-electron chi connectivity index (χ0n) is 16.2. The van der Waals surface area contributed by atoms with E-state index >= 15 is 0 Å². The van der Waals surface area contributed by atoms with Gasteiger partial charge in [-0.25, -0.2) is 0 Å². The maximum atomic E-state index is 12.7. The van der Waals surface area contributed by atoms with Crippen LogP contribution in [0.1, 0.15) is 21.5 Å². The molecule has 0 unspecified atom stereocenters. The highest BCUT2D eigenvalue weighted by Crippen LogP contribution is 2.29. The Morgan fingerprint density at radius 2 is 1.79 bits per heavy atom. The number of nitrogens with zero attached hydrogens (tertiary/aromatic N) is 1. The van der Waals surface area contributed by atoms with Gasteiger partial charge in [0.15, 0.2) is 0 Å². The predicted octanol–water partition coefficient (Wildman–Crippen LogP) is 4.93. The summed E-state index contributed by atoms with van der Waals surface area (Å²) >= 11 is 1.49. The quantitative estimate of drug-likeness (QED) is 0.616. The first-order valence-electron chi connectivity index (χ1n) is 9.60. The van der Waals surface area contributed by atoms with E-state index in [-0.39, 0.29) is 11.8 Å². The van der Waals surface area contributed by atoms with Crippen molar-refractivity contribution in [1.29, 1.82) is 0 Å². The minimum atomic E-state index is -0.130. The second kappa shape index (κ2) is 8.53. The number of rotatable bonds is 5. The van der Waals surface area contributed by atoms with Crippen LogP contribution in [-0.4, -0.2) is 24.1 Å². The fourth-order valence-corrected chi connectivity index (χ4v) is 4.34. The number of para-hydroxylation sites is 1. The zero-order chi connectivity index (χ0) is 20.2. The fourth-order valence-electron chi connectivity index (χ4n) is 3.51. The van der Waals surface area contributed by atoms with Gasteiger partial charge in [0.25, 0.3) is 5.91 Å². The number of carbonyl (C=O) groups is 2. The summed E-state index contributed by atoms with van der Waals surface area (Å²) in [5.74, 6) is 0.341. The van der Waals surface area contributed by atoms with Crippen LogP contribution < -0.4 is 10.2 Å². The average molecular weight is 403 g/mol. The largest absolute Gasteiger partial charge is 0.322 e. The molecule has 0 atom stereocenters. The van der Waals surface area contributed by atoms with Crippen molar-refractivity contribution in [2.45, 2.75) is 18.2 Å². The molecule has 1 N–H and O–H groups in total. The summed E-state index contributed by atoms with van der Waals surface area (Å²) in [7, 11) is 0. The van der Waals surface area contributed by atoms with E-state index in [4.69, 9.17) is 0 Å². The summed E-state index contributed by atoms with van der Waals surface area (Å²) in [5.41, 5.74) is 4.58. The highest BCUT2D eigenvalue weighted by Gasteiger charge is 2.23. The maximum Gasteiger partial charge on any atom is 0.255 e. The van der Waals surface area contributed by atoms with Gasteiger partial charge in [-0.15, -0.1) is 11.8 Å². The minimum absolute atomic E-state index is 0.106. The van der Waals surface area contributed by atoms with Crippen LogP contribution in [0.5, 0.6) is 0 Å². The van der Waals surface area contributed by atoms with E-state index in [1.807, 2.05) is 78.6 Å². The number of amides is 2. The van der Waals surface area contributed by atoms with Crippen molar-refractivity contribution >= 4 is 35.0 Å². The standard InChI is InChI=1S/C24H22N2O2S/c1-17-7-2-4-11-21(17)24(28)25-19-9-6-10-20(15-19)29-16-23(27)26-14-13-18-8-3-5-12-22(18)26/h2-12,15H,13-14,16H2,1H3,(H,25,28). The number of benzene rings is 3. The Morgan fingerprint density at radius 1 is 1.00 bits per heavy atom. The number of thioether (sulfide) groups is 1. The Bertz CT molecular complexity index is 1060. The van der Waals surface area contributed by atoms with Gasteiger partial charge in [0.05, 0.1) is 5.75 Å². The van der Waals surface area contributed by atoms with Crippen molar-refractivity contribution in [3.63, 3.8) is 0 Å². The first-order valence-corrected chi connectivity index (χ1v) is 10.6. The summed E-state index contributed by atoms with van der Waals surface area (Å²) in [6, 6.07) is 23.2. The van der Waals surface area contributed by atoms with Crippen molar-refractivity contribution in [3.8, 4) is 0 Å². The van der Waals surface area contributed by atoms with E-state index in [0.29, 0.717) is 11.3 Å². The lowest BCUT2D eigenvalue weighted by atomic mass is 10.1. The van der Waals surface area contributed by atoms with Gasteiger partial charge < -0.3 is 10.2 Å². The number of fused-ring (bicyclic) bond motifs is 1. The van der Waals surface area contributed by atoms with Crippen LogP contribution in [0.4, 0.5) is 11.4 Å².